The first-order valence-corrected chi connectivity index (χ1v) is 5.92. The summed E-state index contributed by atoms with van der Waals surface area (Å²) in [5.41, 5.74) is 0. The summed E-state index contributed by atoms with van der Waals surface area (Å²) in [6.07, 6.45) is 1.46. The Morgan fingerprint density at radius 1 is 1.35 bits per heavy atom. The van der Waals surface area contributed by atoms with Crippen LogP contribution in [0, 0.1) is 11.8 Å². The van der Waals surface area contributed by atoms with Gasteiger partial charge < -0.3 is 14.7 Å². The minimum absolute atomic E-state index is 0.146. The molecule has 1 amide bonds. The molecular formula is C12H23NO4. The fourth-order valence-corrected chi connectivity index (χ4v) is 1.69. The van der Waals surface area contributed by atoms with Crippen molar-refractivity contribution in [1.29, 1.82) is 0 Å². The molecule has 0 saturated carbocycles. The lowest BCUT2D eigenvalue weighted by atomic mass is 9.93. The van der Waals surface area contributed by atoms with Gasteiger partial charge in [-0.15, -0.1) is 0 Å². The lowest BCUT2D eigenvalue weighted by Crippen LogP contribution is -2.40. The Labute approximate surface area is 103 Å². The first-order valence-electron chi connectivity index (χ1n) is 5.92. The van der Waals surface area contributed by atoms with Crippen LogP contribution in [0.1, 0.15) is 33.6 Å². The normalized spacial score (nSPS) is 12.4. The Balaban J connectivity index is 4.53. The zero-order valence-electron chi connectivity index (χ0n) is 11.1. The molecule has 0 radical (unpaired) electrons. The third-order valence-corrected chi connectivity index (χ3v) is 2.63. The zero-order valence-corrected chi connectivity index (χ0v) is 11.1. The lowest BCUT2D eigenvalue weighted by Gasteiger charge is -2.24. The van der Waals surface area contributed by atoms with Gasteiger partial charge in [-0.25, -0.2) is 0 Å². The molecule has 100 valence electrons. The number of amides is 1. The van der Waals surface area contributed by atoms with Crippen LogP contribution in [-0.4, -0.2) is 42.3 Å². The summed E-state index contributed by atoms with van der Waals surface area (Å²) in [6.45, 7) is 5.36. The highest BCUT2D eigenvalue weighted by molar-refractivity contribution is 5.83. The molecule has 0 rings (SSSR count). The minimum Gasteiger partial charge on any atom is -0.468 e. The van der Waals surface area contributed by atoms with Crippen molar-refractivity contribution >= 4 is 11.9 Å². The molecule has 0 aromatic rings. The average Bonchev–Trinajstić information content (AvgIpc) is 2.31. The van der Waals surface area contributed by atoms with E-state index in [9.17, 15) is 9.59 Å². The molecule has 0 aliphatic heterocycles. The maximum atomic E-state index is 12.1. The molecule has 0 saturated heterocycles. The number of esters is 1. The van der Waals surface area contributed by atoms with Crippen LogP contribution in [0.4, 0.5) is 0 Å². The van der Waals surface area contributed by atoms with Gasteiger partial charge in [0.2, 0.25) is 5.91 Å². The van der Waals surface area contributed by atoms with E-state index >= 15 is 0 Å². The standard InChI is InChI=1S/C12H23NO4/c1-5-10(6-9(2)3)12(16)13(8-14)7-11(15)17-4/h9-10,14H,5-8H2,1-4H3/t10-/m1/s1. The van der Waals surface area contributed by atoms with Gasteiger partial charge in [0, 0.05) is 5.92 Å². The molecule has 0 aromatic heterocycles. The van der Waals surface area contributed by atoms with Crippen LogP contribution in [0.5, 0.6) is 0 Å². The largest absolute Gasteiger partial charge is 0.468 e. The third kappa shape index (κ3) is 5.68. The van der Waals surface area contributed by atoms with Gasteiger partial charge in [-0.3, -0.25) is 9.59 Å². The average molecular weight is 245 g/mol. The van der Waals surface area contributed by atoms with E-state index in [2.05, 4.69) is 4.74 Å². The Morgan fingerprint density at radius 2 is 1.94 bits per heavy atom. The molecule has 0 spiro atoms. The van der Waals surface area contributed by atoms with Gasteiger partial charge >= 0.3 is 5.97 Å². The summed E-state index contributed by atoms with van der Waals surface area (Å²) < 4.78 is 4.48. The third-order valence-electron chi connectivity index (χ3n) is 2.63. The van der Waals surface area contributed by atoms with Crippen molar-refractivity contribution in [2.24, 2.45) is 11.8 Å². The smallest absolute Gasteiger partial charge is 0.325 e. The molecule has 1 N–H and O–H groups in total. The number of carbonyl (C=O) groups is 2. The van der Waals surface area contributed by atoms with Crippen LogP contribution in [0.25, 0.3) is 0 Å². The molecule has 1 atom stereocenters. The van der Waals surface area contributed by atoms with Gasteiger partial charge in [-0.05, 0) is 18.8 Å². The van der Waals surface area contributed by atoms with Crippen molar-refractivity contribution in [3.05, 3.63) is 0 Å². The van der Waals surface area contributed by atoms with E-state index in [-0.39, 0.29) is 18.4 Å². The highest BCUT2D eigenvalue weighted by Crippen LogP contribution is 2.17. The van der Waals surface area contributed by atoms with Crippen molar-refractivity contribution in [1.82, 2.24) is 4.90 Å². The predicted octanol–water partition coefficient (Wildman–Crippen LogP) is 1.01. The molecular weight excluding hydrogens is 222 g/mol. The van der Waals surface area contributed by atoms with Gasteiger partial charge in [0.15, 0.2) is 0 Å². The number of hydrogen-bond acceptors (Lipinski definition) is 4. The van der Waals surface area contributed by atoms with Crippen molar-refractivity contribution < 1.29 is 19.4 Å². The number of aliphatic hydroxyl groups excluding tert-OH is 1. The molecule has 0 heterocycles. The van der Waals surface area contributed by atoms with Gasteiger partial charge in [0.1, 0.15) is 13.3 Å². The maximum absolute atomic E-state index is 12.1. The second kappa shape index (κ2) is 8.06. The Morgan fingerprint density at radius 3 is 2.29 bits per heavy atom. The zero-order chi connectivity index (χ0) is 13.4. The second-order valence-corrected chi connectivity index (χ2v) is 4.49. The number of hydrogen-bond donors (Lipinski definition) is 1. The van der Waals surface area contributed by atoms with Gasteiger partial charge in [-0.1, -0.05) is 20.8 Å². The molecule has 0 unspecified atom stereocenters. The van der Waals surface area contributed by atoms with Crippen molar-refractivity contribution in [2.75, 3.05) is 20.4 Å². The highest BCUT2D eigenvalue weighted by Gasteiger charge is 2.24. The molecule has 0 bridgehead atoms. The van der Waals surface area contributed by atoms with E-state index < -0.39 is 12.7 Å². The first-order chi connectivity index (χ1) is 7.96. The number of carbonyl (C=O) groups excluding carboxylic acids is 2. The Kier molecular flexibility index (Phi) is 7.54. The first kappa shape index (κ1) is 15.9. The summed E-state index contributed by atoms with van der Waals surface area (Å²) in [4.78, 5) is 24.3. The van der Waals surface area contributed by atoms with E-state index in [1.807, 2.05) is 20.8 Å². The Hall–Kier alpha value is -1.10. The van der Waals surface area contributed by atoms with E-state index in [0.717, 1.165) is 11.3 Å². The Bertz CT molecular complexity index is 253. The van der Waals surface area contributed by atoms with Gasteiger partial charge in [-0.2, -0.15) is 0 Å². The SMILES string of the molecule is CC[C@H](CC(C)C)C(=O)N(CO)CC(=O)OC. The van der Waals surface area contributed by atoms with Crippen molar-refractivity contribution in [3.63, 3.8) is 0 Å². The predicted molar refractivity (Wildman–Crippen MR) is 64.1 cm³/mol. The van der Waals surface area contributed by atoms with Crippen LogP contribution < -0.4 is 0 Å². The van der Waals surface area contributed by atoms with Crippen LogP contribution in [0.2, 0.25) is 0 Å². The van der Waals surface area contributed by atoms with Gasteiger partial charge in [0.05, 0.1) is 7.11 Å². The molecule has 5 heteroatoms. The quantitative estimate of drug-likeness (QED) is 0.537. The van der Waals surface area contributed by atoms with Crippen LogP contribution in [0.3, 0.4) is 0 Å². The maximum Gasteiger partial charge on any atom is 0.325 e. The highest BCUT2D eigenvalue weighted by atomic mass is 16.5. The van der Waals surface area contributed by atoms with E-state index in [1.165, 1.54) is 7.11 Å². The molecule has 17 heavy (non-hydrogen) atoms. The number of aliphatic hydroxyl groups is 1. The minimum atomic E-state index is -0.521. The fourth-order valence-electron chi connectivity index (χ4n) is 1.69. The topological polar surface area (TPSA) is 66.8 Å². The van der Waals surface area contributed by atoms with Gasteiger partial charge in [0.25, 0.3) is 0 Å². The second-order valence-electron chi connectivity index (χ2n) is 4.49. The summed E-state index contributed by atoms with van der Waals surface area (Å²) >= 11 is 0. The summed E-state index contributed by atoms with van der Waals surface area (Å²) in [5.74, 6) is -0.449. The number of ether oxygens (including phenoxy) is 1. The molecule has 0 fully saturated rings. The van der Waals surface area contributed by atoms with E-state index in [1.54, 1.807) is 0 Å². The molecule has 0 aromatic carbocycles. The van der Waals surface area contributed by atoms with Crippen molar-refractivity contribution in [2.45, 2.75) is 33.6 Å². The van der Waals surface area contributed by atoms with Crippen molar-refractivity contribution in [3.8, 4) is 0 Å². The molecule has 0 aliphatic rings. The van der Waals surface area contributed by atoms with E-state index in [4.69, 9.17) is 5.11 Å². The summed E-state index contributed by atoms with van der Waals surface area (Å²) in [7, 11) is 1.26. The molecule has 5 nitrogen and oxygen atoms in total. The van der Waals surface area contributed by atoms with Crippen LogP contribution >= 0.6 is 0 Å². The van der Waals surface area contributed by atoms with E-state index in [0.29, 0.717) is 12.3 Å². The number of nitrogens with zero attached hydrogens (tertiary/aromatic N) is 1. The number of methoxy groups -OCH3 is 1. The molecule has 0 aliphatic carbocycles. The van der Waals surface area contributed by atoms with Crippen LogP contribution in [-0.2, 0) is 14.3 Å². The summed E-state index contributed by atoms with van der Waals surface area (Å²) in [5, 5.41) is 9.12. The van der Waals surface area contributed by atoms with Crippen LogP contribution in [0.15, 0.2) is 0 Å². The summed E-state index contributed by atoms with van der Waals surface area (Å²) in [6, 6.07) is 0. The monoisotopic (exact) mass is 245 g/mol. The number of rotatable bonds is 7. The lowest BCUT2D eigenvalue weighted by molar-refractivity contribution is -0.151. The fraction of sp³-hybridized carbons (Fsp3) is 0.833.